The zero-order chi connectivity index (χ0) is 8.44. The van der Waals surface area contributed by atoms with E-state index in [1.807, 2.05) is 0 Å². The van der Waals surface area contributed by atoms with Gasteiger partial charge < -0.3 is 15.4 Å². The number of rotatable bonds is 0. The summed E-state index contributed by atoms with van der Waals surface area (Å²) in [5.41, 5.74) is -0.00637. The molecule has 0 aromatic rings. The molecule has 0 aromatic heterocycles. The quantitative estimate of drug-likeness (QED) is 0.503. The van der Waals surface area contributed by atoms with Gasteiger partial charge in [-0.2, -0.15) is 0 Å². The van der Waals surface area contributed by atoms with Crippen molar-refractivity contribution in [3.8, 4) is 0 Å². The van der Waals surface area contributed by atoms with Crippen LogP contribution in [0, 0.1) is 0 Å². The second-order valence-corrected chi connectivity index (χ2v) is 3.54. The number of amides is 1. The molecule has 2 N–H and O–H groups in total. The molecule has 12 heavy (non-hydrogen) atoms. The third-order valence-corrected chi connectivity index (χ3v) is 2.60. The minimum atomic E-state index is -0.00637. The minimum Gasteiger partial charge on any atom is -0.381 e. The van der Waals surface area contributed by atoms with Crippen molar-refractivity contribution in [2.24, 2.45) is 0 Å². The van der Waals surface area contributed by atoms with E-state index in [0.29, 0.717) is 6.54 Å². The van der Waals surface area contributed by atoms with Crippen LogP contribution in [0.2, 0.25) is 0 Å². The van der Waals surface area contributed by atoms with E-state index in [9.17, 15) is 4.79 Å². The third kappa shape index (κ3) is 1.44. The highest BCUT2D eigenvalue weighted by Crippen LogP contribution is 2.21. The molecule has 2 saturated heterocycles. The Hall–Kier alpha value is -0.610. The Balaban J connectivity index is 2.02. The Kier molecular flexibility index (Phi) is 2.02. The van der Waals surface area contributed by atoms with Crippen molar-refractivity contribution >= 4 is 5.91 Å². The first-order valence-corrected chi connectivity index (χ1v) is 4.40. The Morgan fingerprint density at radius 3 is 2.75 bits per heavy atom. The first kappa shape index (κ1) is 8.01. The number of carbonyl (C=O) groups is 1. The molecule has 0 atom stereocenters. The van der Waals surface area contributed by atoms with E-state index in [1.54, 1.807) is 0 Å². The molecule has 4 nitrogen and oxygen atoms in total. The maximum absolute atomic E-state index is 11.1. The molecule has 4 heteroatoms. The van der Waals surface area contributed by atoms with Crippen LogP contribution in [-0.4, -0.2) is 37.7 Å². The average Bonchev–Trinajstić information content (AvgIpc) is 2.05. The molecule has 0 bridgehead atoms. The summed E-state index contributed by atoms with van der Waals surface area (Å²) >= 11 is 0. The van der Waals surface area contributed by atoms with Crippen LogP contribution in [0.1, 0.15) is 12.8 Å². The van der Waals surface area contributed by atoms with Gasteiger partial charge in [-0.3, -0.25) is 4.79 Å². The van der Waals surface area contributed by atoms with Gasteiger partial charge in [0.25, 0.3) is 0 Å². The maximum Gasteiger partial charge on any atom is 0.234 e. The largest absolute Gasteiger partial charge is 0.381 e. The molecule has 68 valence electrons. The van der Waals surface area contributed by atoms with Gasteiger partial charge in [0.1, 0.15) is 0 Å². The Morgan fingerprint density at radius 1 is 1.33 bits per heavy atom. The lowest BCUT2D eigenvalue weighted by molar-refractivity contribution is -0.125. The van der Waals surface area contributed by atoms with Gasteiger partial charge in [0, 0.05) is 19.8 Å². The number of ether oxygens (including phenoxy) is 1. The molecule has 0 aromatic carbocycles. The maximum atomic E-state index is 11.1. The van der Waals surface area contributed by atoms with Gasteiger partial charge >= 0.3 is 0 Å². The van der Waals surface area contributed by atoms with Crippen LogP contribution in [-0.2, 0) is 9.53 Å². The van der Waals surface area contributed by atoms with Gasteiger partial charge in [0.2, 0.25) is 5.91 Å². The summed E-state index contributed by atoms with van der Waals surface area (Å²) in [5.74, 6) is 0.114. The van der Waals surface area contributed by atoms with Gasteiger partial charge in [-0.1, -0.05) is 0 Å². The third-order valence-electron chi connectivity index (χ3n) is 2.60. The van der Waals surface area contributed by atoms with Crippen LogP contribution in [0.25, 0.3) is 0 Å². The van der Waals surface area contributed by atoms with Gasteiger partial charge in [0.05, 0.1) is 12.1 Å². The van der Waals surface area contributed by atoms with E-state index in [0.717, 1.165) is 32.6 Å². The van der Waals surface area contributed by atoms with Crippen molar-refractivity contribution < 1.29 is 9.53 Å². The number of hydrogen-bond donors (Lipinski definition) is 2. The zero-order valence-electron chi connectivity index (χ0n) is 7.06. The van der Waals surface area contributed by atoms with Gasteiger partial charge in [0.15, 0.2) is 0 Å². The van der Waals surface area contributed by atoms with Crippen molar-refractivity contribution in [3.05, 3.63) is 0 Å². The van der Waals surface area contributed by atoms with Crippen molar-refractivity contribution in [3.63, 3.8) is 0 Å². The second kappa shape index (κ2) is 3.03. The molecular formula is C8H14N2O2. The molecule has 1 spiro atoms. The molecule has 0 unspecified atom stereocenters. The highest BCUT2D eigenvalue weighted by atomic mass is 16.5. The Morgan fingerprint density at radius 2 is 2.08 bits per heavy atom. The standard InChI is InChI=1S/C8H14N2O2/c11-7-5-9-6-8(10-7)1-3-12-4-2-8/h9H,1-6H2,(H,10,11). The molecule has 1 amide bonds. The summed E-state index contributed by atoms with van der Waals surface area (Å²) in [6.45, 7) is 2.88. The predicted molar refractivity (Wildman–Crippen MR) is 43.8 cm³/mol. The molecular weight excluding hydrogens is 156 g/mol. The summed E-state index contributed by atoms with van der Waals surface area (Å²) in [7, 11) is 0. The summed E-state index contributed by atoms with van der Waals surface area (Å²) in [6, 6.07) is 0. The second-order valence-electron chi connectivity index (χ2n) is 3.54. The van der Waals surface area contributed by atoms with Crippen molar-refractivity contribution in [1.29, 1.82) is 0 Å². The summed E-state index contributed by atoms with van der Waals surface area (Å²) in [4.78, 5) is 11.1. The molecule has 0 aliphatic carbocycles. The zero-order valence-corrected chi connectivity index (χ0v) is 7.06. The molecule has 2 heterocycles. The van der Waals surface area contributed by atoms with Gasteiger partial charge in [-0.25, -0.2) is 0 Å². The van der Waals surface area contributed by atoms with E-state index >= 15 is 0 Å². The van der Waals surface area contributed by atoms with Gasteiger partial charge in [-0.15, -0.1) is 0 Å². The molecule has 2 aliphatic rings. The first-order chi connectivity index (χ1) is 5.81. The normalized spacial score (nSPS) is 28.5. The van der Waals surface area contributed by atoms with E-state index in [-0.39, 0.29) is 11.4 Å². The lowest BCUT2D eigenvalue weighted by Gasteiger charge is -2.41. The van der Waals surface area contributed by atoms with Gasteiger partial charge in [-0.05, 0) is 12.8 Å². The average molecular weight is 170 g/mol. The lowest BCUT2D eigenvalue weighted by Crippen LogP contribution is -2.63. The minimum absolute atomic E-state index is 0.00637. The number of hydrogen-bond acceptors (Lipinski definition) is 3. The predicted octanol–water partition coefficient (Wildman–Crippen LogP) is -0.745. The molecule has 2 fully saturated rings. The fourth-order valence-corrected chi connectivity index (χ4v) is 1.86. The van der Waals surface area contributed by atoms with Crippen molar-refractivity contribution in [1.82, 2.24) is 10.6 Å². The number of nitrogens with one attached hydrogen (secondary N) is 2. The van der Waals surface area contributed by atoms with Crippen LogP contribution in [0.15, 0.2) is 0 Å². The molecule has 2 rings (SSSR count). The van der Waals surface area contributed by atoms with Crippen molar-refractivity contribution in [2.45, 2.75) is 18.4 Å². The van der Waals surface area contributed by atoms with Crippen LogP contribution in [0.3, 0.4) is 0 Å². The van der Waals surface area contributed by atoms with Crippen molar-refractivity contribution in [2.75, 3.05) is 26.3 Å². The lowest BCUT2D eigenvalue weighted by atomic mass is 9.88. The van der Waals surface area contributed by atoms with E-state index in [2.05, 4.69) is 10.6 Å². The van der Waals surface area contributed by atoms with E-state index in [4.69, 9.17) is 4.74 Å². The number of carbonyl (C=O) groups excluding carboxylic acids is 1. The Labute approximate surface area is 71.7 Å². The molecule has 0 saturated carbocycles. The summed E-state index contributed by atoms with van der Waals surface area (Å²) in [5, 5.41) is 6.18. The smallest absolute Gasteiger partial charge is 0.234 e. The van der Waals surface area contributed by atoms with Crippen LogP contribution < -0.4 is 10.6 Å². The highest BCUT2D eigenvalue weighted by Gasteiger charge is 2.36. The SMILES string of the molecule is O=C1CNCC2(CCOCC2)N1. The van der Waals surface area contributed by atoms with E-state index < -0.39 is 0 Å². The highest BCUT2D eigenvalue weighted by molar-refractivity contribution is 5.79. The van der Waals surface area contributed by atoms with Crippen LogP contribution in [0.4, 0.5) is 0 Å². The fourth-order valence-electron chi connectivity index (χ4n) is 1.86. The molecule has 0 radical (unpaired) electrons. The number of piperazine rings is 1. The fraction of sp³-hybridized carbons (Fsp3) is 0.875. The summed E-state index contributed by atoms with van der Waals surface area (Å²) < 4.78 is 5.25. The van der Waals surface area contributed by atoms with Crippen LogP contribution >= 0.6 is 0 Å². The summed E-state index contributed by atoms with van der Waals surface area (Å²) in [6.07, 6.45) is 1.87. The van der Waals surface area contributed by atoms with E-state index in [1.165, 1.54) is 0 Å². The topological polar surface area (TPSA) is 50.4 Å². The molecule has 2 aliphatic heterocycles. The van der Waals surface area contributed by atoms with Crippen LogP contribution in [0.5, 0.6) is 0 Å². The first-order valence-electron chi connectivity index (χ1n) is 4.40. The monoisotopic (exact) mass is 170 g/mol. The Bertz CT molecular complexity index is 182.